The van der Waals surface area contributed by atoms with E-state index < -0.39 is 12.6 Å². The highest BCUT2D eigenvalue weighted by Gasteiger charge is 2.26. The van der Waals surface area contributed by atoms with Gasteiger partial charge in [0.2, 0.25) is 0 Å². The second kappa shape index (κ2) is 13.0. The predicted molar refractivity (Wildman–Crippen MR) is 109 cm³/mol. The van der Waals surface area contributed by atoms with Crippen molar-refractivity contribution in [1.29, 1.82) is 0 Å². The molecule has 0 atom stereocenters. The highest BCUT2D eigenvalue weighted by Crippen LogP contribution is 2.18. The Labute approximate surface area is 170 Å². The van der Waals surface area contributed by atoms with Crippen molar-refractivity contribution in [2.75, 3.05) is 40.3 Å². The third kappa shape index (κ3) is 12.2. The lowest BCUT2D eigenvalue weighted by molar-refractivity contribution is -0.132. The number of nitrogens with zero attached hydrogens (tertiary/aromatic N) is 2. The number of guanidine groups is 1. The molecule has 0 spiro atoms. The summed E-state index contributed by atoms with van der Waals surface area (Å²) in [5.41, 5.74) is 0.926. The van der Waals surface area contributed by atoms with E-state index >= 15 is 0 Å². The quantitative estimate of drug-likeness (QED) is 0.319. The van der Waals surface area contributed by atoms with E-state index in [4.69, 9.17) is 4.74 Å². The molecule has 9 heteroatoms. The number of hydrogen-bond donors (Lipinski definition) is 2. The maximum Gasteiger partial charge on any atom is 0.390 e. The molecule has 26 heavy (non-hydrogen) atoms. The molecule has 0 fully saturated rings. The van der Waals surface area contributed by atoms with Gasteiger partial charge in [0, 0.05) is 19.6 Å². The lowest BCUT2D eigenvalue weighted by Gasteiger charge is -2.13. The fraction of sp³-hybridized carbons (Fsp3) is 0.588. The Hall–Kier alpha value is -1.23. The molecule has 0 unspecified atom stereocenters. The molecule has 1 aromatic rings. The SMILES string of the molecule is CCNC(=NCc1cccc(OCCN(C)C)c1)NCCC(F)(F)F.I. The summed E-state index contributed by atoms with van der Waals surface area (Å²) >= 11 is 0. The van der Waals surface area contributed by atoms with Gasteiger partial charge in [-0.3, -0.25) is 0 Å². The number of halogens is 4. The van der Waals surface area contributed by atoms with E-state index in [1.165, 1.54) is 0 Å². The summed E-state index contributed by atoms with van der Waals surface area (Å²) in [5.74, 6) is 1.12. The summed E-state index contributed by atoms with van der Waals surface area (Å²) in [6, 6.07) is 7.54. The molecule has 0 aromatic heterocycles. The van der Waals surface area contributed by atoms with Gasteiger partial charge in [-0.1, -0.05) is 12.1 Å². The van der Waals surface area contributed by atoms with Crippen molar-refractivity contribution in [2.45, 2.75) is 26.1 Å². The van der Waals surface area contributed by atoms with Gasteiger partial charge in [-0.2, -0.15) is 13.2 Å². The van der Waals surface area contributed by atoms with Crippen molar-refractivity contribution in [3.63, 3.8) is 0 Å². The monoisotopic (exact) mass is 488 g/mol. The standard InChI is InChI=1S/C17H27F3N4O.HI/c1-4-21-16(22-9-8-17(18,19)20)23-13-14-6-5-7-15(12-14)25-11-10-24(2)3;/h5-7,12H,4,8-11,13H2,1-3H3,(H2,21,22,23);1H. The van der Waals surface area contributed by atoms with Gasteiger partial charge in [0.25, 0.3) is 0 Å². The van der Waals surface area contributed by atoms with Crippen LogP contribution in [0.3, 0.4) is 0 Å². The van der Waals surface area contributed by atoms with Crippen molar-refractivity contribution in [1.82, 2.24) is 15.5 Å². The van der Waals surface area contributed by atoms with Crippen LogP contribution in [0.1, 0.15) is 18.9 Å². The van der Waals surface area contributed by atoms with Crippen LogP contribution in [0.15, 0.2) is 29.3 Å². The normalized spacial score (nSPS) is 11.9. The van der Waals surface area contributed by atoms with Gasteiger partial charge in [0.15, 0.2) is 5.96 Å². The van der Waals surface area contributed by atoms with Crippen LogP contribution >= 0.6 is 24.0 Å². The second-order valence-electron chi connectivity index (χ2n) is 5.79. The van der Waals surface area contributed by atoms with E-state index in [9.17, 15) is 13.2 Å². The summed E-state index contributed by atoms with van der Waals surface area (Å²) in [4.78, 5) is 6.35. The first-order valence-corrected chi connectivity index (χ1v) is 8.25. The number of alkyl halides is 3. The number of nitrogens with one attached hydrogen (secondary N) is 2. The maximum absolute atomic E-state index is 12.2. The number of hydrogen-bond acceptors (Lipinski definition) is 3. The van der Waals surface area contributed by atoms with Crippen LogP contribution in [0.5, 0.6) is 5.75 Å². The molecule has 5 nitrogen and oxygen atoms in total. The van der Waals surface area contributed by atoms with Gasteiger partial charge in [-0.25, -0.2) is 4.99 Å². The number of likely N-dealkylation sites (N-methyl/N-ethyl adjacent to an activating group) is 1. The number of rotatable bonds is 9. The van der Waals surface area contributed by atoms with Crippen LogP contribution in [0, 0.1) is 0 Å². The second-order valence-corrected chi connectivity index (χ2v) is 5.79. The topological polar surface area (TPSA) is 48.9 Å². The largest absolute Gasteiger partial charge is 0.492 e. The highest BCUT2D eigenvalue weighted by atomic mass is 127. The minimum absolute atomic E-state index is 0. The van der Waals surface area contributed by atoms with E-state index in [1.54, 1.807) is 0 Å². The molecule has 0 bridgehead atoms. The summed E-state index contributed by atoms with van der Waals surface area (Å²) in [7, 11) is 3.95. The molecule has 0 aliphatic carbocycles. The molecule has 2 N–H and O–H groups in total. The van der Waals surface area contributed by atoms with Crippen LogP contribution in [0.2, 0.25) is 0 Å². The summed E-state index contributed by atoms with van der Waals surface area (Å²) in [6.45, 7) is 3.98. The van der Waals surface area contributed by atoms with Crippen molar-refractivity contribution >= 4 is 29.9 Å². The maximum atomic E-state index is 12.2. The average molecular weight is 488 g/mol. The third-order valence-electron chi connectivity index (χ3n) is 3.17. The van der Waals surface area contributed by atoms with Gasteiger partial charge in [0.05, 0.1) is 13.0 Å². The first-order chi connectivity index (χ1) is 11.8. The van der Waals surface area contributed by atoms with Crippen LogP contribution in [-0.4, -0.2) is 57.4 Å². The fourth-order valence-corrected chi connectivity index (χ4v) is 1.91. The van der Waals surface area contributed by atoms with Gasteiger partial charge in [0.1, 0.15) is 12.4 Å². The zero-order valence-corrected chi connectivity index (χ0v) is 17.7. The summed E-state index contributed by atoms with van der Waals surface area (Å²) in [6.07, 6.45) is -5.07. The molecule has 0 heterocycles. The Morgan fingerprint density at radius 2 is 1.96 bits per heavy atom. The number of benzene rings is 1. The fourth-order valence-electron chi connectivity index (χ4n) is 1.91. The van der Waals surface area contributed by atoms with E-state index in [1.807, 2.05) is 50.2 Å². The minimum Gasteiger partial charge on any atom is -0.492 e. The van der Waals surface area contributed by atoms with Crippen molar-refractivity contribution in [3.05, 3.63) is 29.8 Å². The molecule has 1 rings (SSSR count). The van der Waals surface area contributed by atoms with Crippen molar-refractivity contribution in [3.8, 4) is 5.75 Å². The van der Waals surface area contributed by atoms with Crippen molar-refractivity contribution in [2.24, 2.45) is 4.99 Å². The van der Waals surface area contributed by atoms with E-state index in [-0.39, 0.29) is 30.5 Å². The Morgan fingerprint density at radius 1 is 1.23 bits per heavy atom. The Kier molecular flexibility index (Phi) is 12.4. The molecule has 0 radical (unpaired) electrons. The highest BCUT2D eigenvalue weighted by molar-refractivity contribution is 14.0. The average Bonchev–Trinajstić information content (AvgIpc) is 2.51. The first-order valence-electron chi connectivity index (χ1n) is 8.25. The van der Waals surface area contributed by atoms with Crippen molar-refractivity contribution < 1.29 is 17.9 Å². The predicted octanol–water partition coefficient (Wildman–Crippen LogP) is 3.25. The van der Waals surface area contributed by atoms with Gasteiger partial charge in [-0.05, 0) is 38.7 Å². The Balaban J connectivity index is 0.00000625. The van der Waals surface area contributed by atoms with Crippen LogP contribution < -0.4 is 15.4 Å². The molecular weight excluding hydrogens is 460 g/mol. The Bertz CT molecular complexity index is 539. The van der Waals surface area contributed by atoms with E-state index in [0.29, 0.717) is 25.7 Å². The molecular formula is C17H28F3IN4O. The van der Waals surface area contributed by atoms with E-state index in [2.05, 4.69) is 15.6 Å². The van der Waals surface area contributed by atoms with Gasteiger partial charge in [-0.15, -0.1) is 24.0 Å². The zero-order chi connectivity index (χ0) is 18.7. The molecule has 1 aromatic carbocycles. The lowest BCUT2D eigenvalue weighted by Crippen LogP contribution is -2.38. The minimum atomic E-state index is -4.18. The van der Waals surface area contributed by atoms with Crippen LogP contribution in [0.25, 0.3) is 0 Å². The molecule has 0 saturated carbocycles. The van der Waals surface area contributed by atoms with Gasteiger partial charge < -0.3 is 20.3 Å². The molecule has 0 amide bonds. The van der Waals surface area contributed by atoms with Crippen LogP contribution in [0.4, 0.5) is 13.2 Å². The third-order valence-corrected chi connectivity index (χ3v) is 3.17. The smallest absolute Gasteiger partial charge is 0.390 e. The summed E-state index contributed by atoms with van der Waals surface area (Å²) < 4.78 is 42.3. The molecule has 0 saturated heterocycles. The van der Waals surface area contributed by atoms with Gasteiger partial charge >= 0.3 is 6.18 Å². The Morgan fingerprint density at radius 3 is 2.58 bits per heavy atom. The number of aliphatic imine (C=N–C) groups is 1. The number of ether oxygens (including phenoxy) is 1. The lowest BCUT2D eigenvalue weighted by atomic mass is 10.2. The summed E-state index contributed by atoms with van der Waals surface area (Å²) in [5, 5.41) is 5.63. The van der Waals surface area contributed by atoms with Crippen LogP contribution in [-0.2, 0) is 6.54 Å². The molecule has 150 valence electrons. The zero-order valence-electron chi connectivity index (χ0n) is 15.4. The molecule has 0 aliphatic heterocycles. The first kappa shape index (κ1) is 24.8. The van der Waals surface area contributed by atoms with E-state index in [0.717, 1.165) is 17.9 Å². The molecule has 0 aliphatic rings.